The van der Waals surface area contributed by atoms with Crippen LogP contribution in [0.5, 0.6) is 0 Å². The van der Waals surface area contributed by atoms with E-state index in [0.717, 1.165) is 12.0 Å². The van der Waals surface area contributed by atoms with E-state index in [9.17, 15) is 0 Å². The van der Waals surface area contributed by atoms with E-state index in [2.05, 4.69) is 13.0 Å². The molecule has 1 atom stereocenters. The maximum Gasteiger partial charge on any atom is 0.0624 e. The van der Waals surface area contributed by atoms with Crippen LogP contribution in [0.1, 0.15) is 24.1 Å². The summed E-state index contributed by atoms with van der Waals surface area (Å²) in [4.78, 5) is 0. The molecule has 0 saturated heterocycles. The van der Waals surface area contributed by atoms with Gasteiger partial charge in [-0.25, -0.2) is 0 Å². The quantitative estimate of drug-likeness (QED) is 0.782. The van der Waals surface area contributed by atoms with Gasteiger partial charge in [-0.2, -0.15) is 0 Å². The first-order chi connectivity index (χ1) is 5.77. The van der Waals surface area contributed by atoms with Crippen molar-refractivity contribution in [3.8, 4) is 0 Å². The van der Waals surface area contributed by atoms with Gasteiger partial charge in [0.15, 0.2) is 0 Å². The van der Waals surface area contributed by atoms with E-state index in [1.807, 2.05) is 18.2 Å². The maximum absolute atomic E-state index is 8.83. The fourth-order valence-corrected chi connectivity index (χ4v) is 1.15. The number of halogens is 1. The summed E-state index contributed by atoms with van der Waals surface area (Å²) in [5.74, 6) is 0. The summed E-state index contributed by atoms with van der Waals surface area (Å²) in [7, 11) is 0. The van der Waals surface area contributed by atoms with Crippen molar-refractivity contribution in [3.05, 3.63) is 35.4 Å². The molecule has 0 radical (unpaired) electrons. The van der Waals surface area contributed by atoms with Gasteiger partial charge in [-0.15, -0.1) is 12.4 Å². The predicted octanol–water partition coefficient (Wildman–Crippen LogP) is 1.66. The molecule has 0 amide bonds. The second-order valence-electron chi connectivity index (χ2n) is 2.89. The van der Waals surface area contributed by atoms with Crippen molar-refractivity contribution >= 4 is 12.4 Å². The summed E-state index contributed by atoms with van der Waals surface area (Å²) < 4.78 is 0. The molecular weight excluding hydrogens is 186 g/mol. The second-order valence-corrected chi connectivity index (χ2v) is 2.89. The Bertz CT molecular complexity index is 252. The molecule has 1 aromatic rings. The SMILES string of the molecule is CCc1cccc(C(N)CO)c1.Cl. The monoisotopic (exact) mass is 201 g/mol. The van der Waals surface area contributed by atoms with E-state index >= 15 is 0 Å². The Balaban J connectivity index is 0.00000144. The minimum absolute atomic E-state index is 0. The molecule has 13 heavy (non-hydrogen) atoms. The van der Waals surface area contributed by atoms with E-state index in [0.29, 0.717) is 0 Å². The summed E-state index contributed by atoms with van der Waals surface area (Å²) in [5.41, 5.74) is 7.94. The first kappa shape index (κ1) is 12.4. The number of hydrogen-bond donors (Lipinski definition) is 2. The van der Waals surface area contributed by atoms with E-state index in [4.69, 9.17) is 10.8 Å². The van der Waals surface area contributed by atoms with Crippen LogP contribution in [0.4, 0.5) is 0 Å². The first-order valence-electron chi connectivity index (χ1n) is 4.23. The van der Waals surface area contributed by atoms with Crippen LogP contribution >= 0.6 is 12.4 Å². The highest BCUT2D eigenvalue weighted by Gasteiger charge is 2.03. The molecule has 0 saturated carbocycles. The summed E-state index contributed by atoms with van der Waals surface area (Å²) >= 11 is 0. The van der Waals surface area contributed by atoms with Crippen LogP contribution in [0.3, 0.4) is 0 Å². The Kier molecular flexibility index (Phi) is 5.71. The van der Waals surface area contributed by atoms with E-state index < -0.39 is 0 Å². The van der Waals surface area contributed by atoms with Gasteiger partial charge in [-0.3, -0.25) is 0 Å². The van der Waals surface area contributed by atoms with E-state index in [1.54, 1.807) is 0 Å². The highest BCUT2D eigenvalue weighted by Crippen LogP contribution is 2.11. The van der Waals surface area contributed by atoms with Crippen molar-refractivity contribution in [2.45, 2.75) is 19.4 Å². The third-order valence-electron chi connectivity index (χ3n) is 1.98. The van der Waals surface area contributed by atoms with Crippen LogP contribution in [0.2, 0.25) is 0 Å². The highest BCUT2D eigenvalue weighted by atomic mass is 35.5. The largest absolute Gasteiger partial charge is 0.394 e. The summed E-state index contributed by atoms with van der Waals surface area (Å²) in [6.45, 7) is 2.11. The number of nitrogens with two attached hydrogens (primary N) is 1. The van der Waals surface area contributed by atoms with Gasteiger partial charge in [0.05, 0.1) is 12.6 Å². The molecule has 3 N–H and O–H groups in total. The number of benzene rings is 1. The Morgan fingerprint density at radius 1 is 1.46 bits per heavy atom. The van der Waals surface area contributed by atoms with Crippen molar-refractivity contribution < 1.29 is 5.11 Å². The molecule has 0 aliphatic rings. The Morgan fingerprint density at radius 3 is 2.69 bits per heavy atom. The molecule has 0 heterocycles. The molecule has 0 spiro atoms. The van der Waals surface area contributed by atoms with Gasteiger partial charge < -0.3 is 10.8 Å². The second kappa shape index (κ2) is 5.97. The van der Waals surface area contributed by atoms with Crippen LogP contribution in [0, 0.1) is 0 Å². The minimum atomic E-state index is -0.239. The van der Waals surface area contributed by atoms with Crippen LogP contribution in [0.15, 0.2) is 24.3 Å². The number of aryl methyl sites for hydroxylation is 1. The van der Waals surface area contributed by atoms with Gasteiger partial charge in [0, 0.05) is 0 Å². The van der Waals surface area contributed by atoms with Crippen LogP contribution in [0.25, 0.3) is 0 Å². The number of aliphatic hydroxyl groups is 1. The Morgan fingerprint density at radius 2 is 2.15 bits per heavy atom. The van der Waals surface area contributed by atoms with Crippen molar-refractivity contribution in [2.24, 2.45) is 5.73 Å². The fraction of sp³-hybridized carbons (Fsp3) is 0.400. The molecule has 1 rings (SSSR count). The Labute approximate surface area is 85.2 Å². The lowest BCUT2D eigenvalue weighted by Crippen LogP contribution is -2.14. The molecule has 0 aliphatic carbocycles. The lowest BCUT2D eigenvalue weighted by atomic mass is 10.0. The molecule has 3 heteroatoms. The lowest BCUT2D eigenvalue weighted by molar-refractivity contribution is 0.268. The molecule has 74 valence electrons. The average Bonchev–Trinajstić information content (AvgIpc) is 2.17. The summed E-state index contributed by atoms with van der Waals surface area (Å²) in [6.07, 6.45) is 1.01. The Hall–Kier alpha value is -0.570. The third kappa shape index (κ3) is 3.35. The normalized spacial score (nSPS) is 11.9. The average molecular weight is 202 g/mol. The molecular formula is C10H16ClNO. The van der Waals surface area contributed by atoms with Crippen molar-refractivity contribution in [1.29, 1.82) is 0 Å². The molecule has 1 unspecified atom stereocenters. The molecule has 0 aliphatic heterocycles. The van der Waals surface area contributed by atoms with Crippen molar-refractivity contribution in [3.63, 3.8) is 0 Å². The number of rotatable bonds is 3. The topological polar surface area (TPSA) is 46.2 Å². The van der Waals surface area contributed by atoms with Crippen LogP contribution in [-0.4, -0.2) is 11.7 Å². The van der Waals surface area contributed by atoms with E-state index in [-0.39, 0.29) is 25.1 Å². The molecule has 0 bridgehead atoms. The molecule has 1 aromatic carbocycles. The fourth-order valence-electron chi connectivity index (χ4n) is 1.15. The first-order valence-corrected chi connectivity index (χ1v) is 4.23. The highest BCUT2D eigenvalue weighted by molar-refractivity contribution is 5.85. The van der Waals surface area contributed by atoms with Crippen LogP contribution < -0.4 is 5.73 Å². The molecule has 0 aromatic heterocycles. The van der Waals surface area contributed by atoms with Gasteiger partial charge in [0.1, 0.15) is 0 Å². The minimum Gasteiger partial charge on any atom is -0.394 e. The van der Waals surface area contributed by atoms with Gasteiger partial charge in [0.25, 0.3) is 0 Å². The number of hydrogen-bond acceptors (Lipinski definition) is 2. The van der Waals surface area contributed by atoms with Crippen LogP contribution in [-0.2, 0) is 6.42 Å². The predicted molar refractivity (Wildman–Crippen MR) is 57.1 cm³/mol. The van der Waals surface area contributed by atoms with Gasteiger partial charge in [-0.1, -0.05) is 31.2 Å². The lowest BCUT2D eigenvalue weighted by Gasteiger charge is -2.09. The zero-order valence-corrected chi connectivity index (χ0v) is 8.55. The summed E-state index contributed by atoms with van der Waals surface area (Å²) in [6, 6.07) is 7.79. The van der Waals surface area contributed by atoms with Gasteiger partial charge in [0.2, 0.25) is 0 Å². The zero-order valence-electron chi connectivity index (χ0n) is 7.73. The standard InChI is InChI=1S/C10H15NO.ClH/c1-2-8-4-3-5-9(6-8)10(11)7-12;/h3-6,10,12H,2,7,11H2,1H3;1H. The molecule has 0 fully saturated rings. The molecule has 2 nitrogen and oxygen atoms in total. The maximum atomic E-state index is 8.83. The van der Waals surface area contributed by atoms with E-state index in [1.165, 1.54) is 5.56 Å². The third-order valence-corrected chi connectivity index (χ3v) is 1.98. The van der Waals surface area contributed by atoms with Gasteiger partial charge >= 0.3 is 0 Å². The number of aliphatic hydroxyl groups excluding tert-OH is 1. The smallest absolute Gasteiger partial charge is 0.0624 e. The van der Waals surface area contributed by atoms with Crippen molar-refractivity contribution in [2.75, 3.05) is 6.61 Å². The summed E-state index contributed by atoms with van der Waals surface area (Å²) in [5, 5.41) is 8.83. The van der Waals surface area contributed by atoms with Crippen molar-refractivity contribution in [1.82, 2.24) is 0 Å². The zero-order chi connectivity index (χ0) is 8.97. The van der Waals surface area contributed by atoms with Gasteiger partial charge in [-0.05, 0) is 17.5 Å².